The number of carbonyl (C=O) groups excluding carboxylic acids is 1. The van der Waals surface area contributed by atoms with Crippen LogP contribution in [0.3, 0.4) is 0 Å². The van der Waals surface area contributed by atoms with Crippen molar-refractivity contribution in [1.29, 1.82) is 0 Å². The fourth-order valence-corrected chi connectivity index (χ4v) is 3.40. The zero-order valence-electron chi connectivity index (χ0n) is 17.1. The maximum absolute atomic E-state index is 12.3. The Morgan fingerprint density at radius 1 is 1.36 bits per heavy atom. The van der Waals surface area contributed by atoms with Gasteiger partial charge in [0.05, 0.1) is 12.6 Å². The second-order valence-corrected chi connectivity index (χ2v) is 7.56. The SMILES string of the molecule is CCC(C)N(Cc1nc(C(=O)NCC2CCCO2)co1)Cc1ccccc1C. The van der Waals surface area contributed by atoms with Crippen LogP contribution in [-0.2, 0) is 17.8 Å². The number of aryl methyl sites for hydroxylation is 1. The minimum Gasteiger partial charge on any atom is -0.447 e. The first-order chi connectivity index (χ1) is 13.6. The number of hydrogen-bond acceptors (Lipinski definition) is 5. The first kappa shape index (κ1) is 20.6. The highest BCUT2D eigenvalue weighted by Crippen LogP contribution is 2.17. The third-order valence-corrected chi connectivity index (χ3v) is 5.49. The fraction of sp³-hybridized carbons (Fsp3) is 0.545. The zero-order chi connectivity index (χ0) is 19.9. The predicted octanol–water partition coefficient (Wildman–Crippen LogP) is 3.69. The number of nitrogens with one attached hydrogen (secondary N) is 1. The number of oxazole rings is 1. The van der Waals surface area contributed by atoms with Gasteiger partial charge in [0.15, 0.2) is 5.69 Å². The molecule has 0 aliphatic carbocycles. The number of benzene rings is 1. The van der Waals surface area contributed by atoms with E-state index in [1.54, 1.807) is 0 Å². The molecule has 0 bridgehead atoms. The summed E-state index contributed by atoms with van der Waals surface area (Å²) in [7, 11) is 0. The normalized spacial score (nSPS) is 17.8. The Kier molecular flexibility index (Phi) is 7.23. The van der Waals surface area contributed by atoms with Crippen molar-refractivity contribution >= 4 is 5.91 Å². The molecule has 1 aliphatic heterocycles. The second-order valence-electron chi connectivity index (χ2n) is 7.56. The Labute approximate surface area is 167 Å². The first-order valence-electron chi connectivity index (χ1n) is 10.2. The van der Waals surface area contributed by atoms with E-state index in [0.29, 0.717) is 30.7 Å². The topological polar surface area (TPSA) is 67.6 Å². The number of aromatic nitrogens is 1. The van der Waals surface area contributed by atoms with E-state index in [1.165, 1.54) is 17.4 Å². The molecule has 152 valence electrons. The summed E-state index contributed by atoms with van der Waals surface area (Å²) in [5.41, 5.74) is 2.90. The van der Waals surface area contributed by atoms with Crippen LogP contribution in [-0.4, -0.2) is 41.1 Å². The van der Waals surface area contributed by atoms with E-state index in [4.69, 9.17) is 9.15 Å². The maximum atomic E-state index is 12.3. The van der Waals surface area contributed by atoms with Crippen LogP contribution in [0.1, 0.15) is 60.6 Å². The monoisotopic (exact) mass is 385 g/mol. The summed E-state index contributed by atoms with van der Waals surface area (Å²) < 4.78 is 11.1. The van der Waals surface area contributed by atoms with E-state index >= 15 is 0 Å². The summed E-state index contributed by atoms with van der Waals surface area (Å²) >= 11 is 0. The van der Waals surface area contributed by atoms with Crippen LogP contribution in [0.2, 0.25) is 0 Å². The Morgan fingerprint density at radius 3 is 2.89 bits per heavy atom. The molecular formula is C22H31N3O3. The van der Waals surface area contributed by atoms with Crippen molar-refractivity contribution in [3.8, 4) is 0 Å². The van der Waals surface area contributed by atoms with Crippen molar-refractivity contribution in [2.24, 2.45) is 0 Å². The van der Waals surface area contributed by atoms with E-state index in [0.717, 1.165) is 32.4 Å². The molecule has 2 heterocycles. The average Bonchev–Trinajstić information content (AvgIpc) is 3.38. The molecule has 1 aromatic heterocycles. The van der Waals surface area contributed by atoms with Crippen molar-refractivity contribution < 1.29 is 13.9 Å². The number of rotatable bonds is 9. The summed E-state index contributed by atoms with van der Waals surface area (Å²) in [5.74, 6) is 0.357. The van der Waals surface area contributed by atoms with Crippen molar-refractivity contribution in [3.05, 3.63) is 53.2 Å². The highest BCUT2D eigenvalue weighted by Gasteiger charge is 2.20. The van der Waals surface area contributed by atoms with Gasteiger partial charge in [0.25, 0.3) is 5.91 Å². The Balaban J connectivity index is 1.61. The van der Waals surface area contributed by atoms with Crippen molar-refractivity contribution in [3.63, 3.8) is 0 Å². The molecule has 1 aliphatic rings. The molecule has 1 amide bonds. The van der Waals surface area contributed by atoms with Gasteiger partial charge in [-0.15, -0.1) is 0 Å². The quantitative estimate of drug-likeness (QED) is 0.713. The molecule has 2 unspecified atom stereocenters. The van der Waals surface area contributed by atoms with Crippen LogP contribution >= 0.6 is 0 Å². The van der Waals surface area contributed by atoms with Gasteiger partial charge in [-0.1, -0.05) is 31.2 Å². The number of nitrogens with zero attached hydrogens (tertiary/aromatic N) is 2. The van der Waals surface area contributed by atoms with Crippen molar-refractivity contribution in [1.82, 2.24) is 15.2 Å². The molecule has 28 heavy (non-hydrogen) atoms. The van der Waals surface area contributed by atoms with Gasteiger partial charge < -0.3 is 14.5 Å². The smallest absolute Gasteiger partial charge is 0.273 e. The van der Waals surface area contributed by atoms with Gasteiger partial charge in [-0.25, -0.2) is 4.98 Å². The van der Waals surface area contributed by atoms with Gasteiger partial charge in [-0.05, 0) is 44.2 Å². The third kappa shape index (κ3) is 5.42. The predicted molar refractivity (Wildman–Crippen MR) is 108 cm³/mol. The third-order valence-electron chi connectivity index (χ3n) is 5.49. The summed E-state index contributed by atoms with van der Waals surface area (Å²) in [6.45, 7) is 9.21. The van der Waals surface area contributed by atoms with Gasteiger partial charge in [0, 0.05) is 25.7 Å². The molecule has 0 radical (unpaired) electrons. The molecule has 6 heteroatoms. The minimum atomic E-state index is -0.209. The molecule has 6 nitrogen and oxygen atoms in total. The summed E-state index contributed by atoms with van der Waals surface area (Å²) in [5, 5.41) is 2.89. The van der Waals surface area contributed by atoms with Gasteiger partial charge in [-0.3, -0.25) is 9.69 Å². The molecule has 1 N–H and O–H groups in total. The molecule has 2 aromatic rings. The van der Waals surface area contributed by atoms with Crippen LogP contribution < -0.4 is 5.32 Å². The highest BCUT2D eigenvalue weighted by molar-refractivity contribution is 5.91. The van der Waals surface area contributed by atoms with Crippen molar-refractivity contribution in [2.45, 2.75) is 65.3 Å². The average molecular weight is 386 g/mol. The first-order valence-corrected chi connectivity index (χ1v) is 10.2. The molecule has 3 rings (SSSR count). The van der Waals surface area contributed by atoms with Crippen molar-refractivity contribution in [2.75, 3.05) is 13.2 Å². The highest BCUT2D eigenvalue weighted by atomic mass is 16.5. The molecule has 1 fully saturated rings. The van der Waals surface area contributed by atoms with E-state index in [9.17, 15) is 4.79 Å². The van der Waals surface area contributed by atoms with Gasteiger partial charge in [0.1, 0.15) is 6.26 Å². The van der Waals surface area contributed by atoms with Crippen LogP contribution in [0.15, 0.2) is 34.9 Å². The molecule has 0 saturated carbocycles. The maximum Gasteiger partial charge on any atom is 0.273 e. The van der Waals surface area contributed by atoms with E-state index in [1.807, 2.05) is 0 Å². The fourth-order valence-electron chi connectivity index (χ4n) is 3.40. The van der Waals surface area contributed by atoms with Crippen LogP contribution in [0.5, 0.6) is 0 Å². The molecule has 1 saturated heterocycles. The Hall–Kier alpha value is -2.18. The Bertz CT molecular complexity index is 768. The van der Waals surface area contributed by atoms with Gasteiger partial charge >= 0.3 is 0 Å². The molecule has 1 aromatic carbocycles. The zero-order valence-corrected chi connectivity index (χ0v) is 17.1. The van der Waals surface area contributed by atoms with E-state index in [2.05, 4.69) is 60.2 Å². The van der Waals surface area contributed by atoms with Crippen LogP contribution in [0.25, 0.3) is 0 Å². The lowest BCUT2D eigenvalue weighted by Crippen LogP contribution is -2.33. The second kappa shape index (κ2) is 9.85. The summed E-state index contributed by atoms with van der Waals surface area (Å²) in [6, 6.07) is 8.79. The van der Waals surface area contributed by atoms with E-state index in [-0.39, 0.29) is 12.0 Å². The standard InChI is InChI=1S/C22H31N3O3/c1-4-17(3)25(13-18-9-6-5-8-16(18)2)14-21-24-20(15-28-21)22(26)23-12-19-10-7-11-27-19/h5-6,8-9,15,17,19H,4,7,10-14H2,1-3H3,(H,23,26). The largest absolute Gasteiger partial charge is 0.447 e. The lowest BCUT2D eigenvalue weighted by Gasteiger charge is -2.27. The number of ether oxygens (including phenoxy) is 1. The minimum absolute atomic E-state index is 0.116. The van der Waals surface area contributed by atoms with Crippen LogP contribution in [0, 0.1) is 6.92 Å². The van der Waals surface area contributed by atoms with Crippen LogP contribution in [0.4, 0.5) is 0 Å². The van der Waals surface area contributed by atoms with E-state index < -0.39 is 0 Å². The Morgan fingerprint density at radius 2 is 2.18 bits per heavy atom. The molecule has 0 spiro atoms. The molecule has 2 atom stereocenters. The lowest BCUT2D eigenvalue weighted by atomic mass is 10.1. The summed E-state index contributed by atoms with van der Waals surface area (Å²) in [6.07, 6.45) is 4.64. The number of amides is 1. The molecular weight excluding hydrogens is 354 g/mol. The van der Waals surface area contributed by atoms with Gasteiger partial charge in [0.2, 0.25) is 5.89 Å². The number of carbonyl (C=O) groups is 1. The summed E-state index contributed by atoms with van der Waals surface area (Å²) in [4.78, 5) is 19.1. The number of hydrogen-bond donors (Lipinski definition) is 1. The van der Waals surface area contributed by atoms with Gasteiger partial charge in [-0.2, -0.15) is 0 Å². The lowest BCUT2D eigenvalue weighted by molar-refractivity contribution is 0.0853.